The van der Waals surface area contributed by atoms with Gasteiger partial charge < -0.3 is 4.42 Å². The Morgan fingerprint density at radius 1 is 0.800 bits per heavy atom. The van der Waals surface area contributed by atoms with Crippen LogP contribution >= 0.6 is 11.3 Å². The molecule has 4 aromatic rings. The number of hydrogen-bond acceptors (Lipinski definition) is 3. The summed E-state index contributed by atoms with van der Waals surface area (Å²) >= 11 is 1.79. The molecule has 0 aliphatic carbocycles. The second-order valence-electron chi connectivity index (χ2n) is 4.25. The molecule has 0 amide bonds. The zero-order valence-electron chi connectivity index (χ0n) is 10.7. The van der Waals surface area contributed by atoms with Gasteiger partial charge in [-0.15, -0.1) is 11.3 Å². The first-order valence-electron chi connectivity index (χ1n) is 6.23. The Morgan fingerprint density at radius 2 is 1.55 bits per heavy atom. The van der Waals surface area contributed by atoms with E-state index in [-0.39, 0.29) is 5.63 Å². The van der Waals surface area contributed by atoms with Crippen LogP contribution in [0.25, 0.3) is 20.9 Å². The number of rotatable bonds is 0. The lowest BCUT2D eigenvalue weighted by atomic mass is 10.2. The van der Waals surface area contributed by atoms with Crippen molar-refractivity contribution in [2.24, 2.45) is 0 Å². The van der Waals surface area contributed by atoms with Crippen molar-refractivity contribution in [1.29, 1.82) is 0 Å². The van der Waals surface area contributed by atoms with Crippen LogP contribution in [-0.2, 0) is 0 Å². The summed E-state index contributed by atoms with van der Waals surface area (Å²) < 4.78 is 6.06. The molecule has 4 rings (SSSR count). The highest BCUT2D eigenvalue weighted by molar-refractivity contribution is 7.17. The summed E-state index contributed by atoms with van der Waals surface area (Å²) in [6.07, 6.45) is 1.41. The molecule has 0 unspecified atom stereocenters. The van der Waals surface area contributed by atoms with Crippen LogP contribution in [0.5, 0.6) is 0 Å². The molecule has 2 heterocycles. The maximum atomic E-state index is 11.0. The first-order valence-corrected chi connectivity index (χ1v) is 7.11. The minimum atomic E-state index is -0.275. The quantitative estimate of drug-likeness (QED) is 0.467. The van der Waals surface area contributed by atoms with E-state index in [1.165, 1.54) is 16.3 Å². The molecule has 0 fully saturated rings. The molecule has 20 heavy (non-hydrogen) atoms. The highest BCUT2D eigenvalue weighted by Gasteiger charge is 1.94. The molecule has 0 spiro atoms. The first-order chi connectivity index (χ1) is 9.84. The zero-order valence-corrected chi connectivity index (χ0v) is 11.5. The topological polar surface area (TPSA) is 30.2 Å². The lowest BCUT2D eigenvalue weighted by molar-refractivity contribution is 0.519. The van der Waals surface area contributed by atoms with Gasteiger partial charge in [0.15, 0.2) is 0 Å². The molecular weight excluding hydrogens is 268 g/mol. The summed E-state index contributed by atoms with van der Waals surface area (Å²) in [6, 6.07) is 19.7. The third-order valence-electron chi connectivity index (χ3n) is 2.97. The normalized spacial score (nSPS) is 10.2. The van der Waals surface area contributed by atoms with Crippen molar-refractivity contribution in [3.8, 4) is 0 Å². The molecule has 2 aromatic carbocycles. The molecule has 0 aliphatic rings. The highest BCUT2D eigenvalue weighted by Crippen LogP contribution is 2.18. The van der Waals surface area contributed by atoms with Gasteiger partial charge in [-0.2, -0.15) is 0 Å². The summed E-state index contributed by atoms with van der Waals surface area (Å²) in [5.41, 5.74) is -0.275. The van der Waals surface area contributed by atoms with Crippen molar-refractivity contribution in [1.82, 2.24) is 0 Å². The van der Waals surface area contributed by atoms with Gasteiger partial charge in [-0.3, -0.25) is 0 Å². The fourth-order valence-corrected chi connectivity index (χ4v) is 2.76. The van der Waals surface area contributed by atoms with Gasteiger partial charge in [-0.1, -0.05) is 36.4 Å². The van der Waals surface area contributed by atoms with Gasteiger partial charge in [-0.25, -0.2) is 4.79 Å². The van der Waals surface area contributed by atoms with Crippen molar-refractivity contribution in [2.45, 2.75) is 0 Å². The molecule has 0 N–H and O–H groups in total. The minimum Gasteiger partial charge on any atom is -0.431 e. The third kappa shape index (κ3) is 2.63. The molecule has 2 nitrogen and oxygen atoms in total. The Balaban J connectivity index is 0.000000123. The number of hydrogen-bond donors (Lipinski definition) is 0. The number of thiophene rings is 1. The summed E-state index contributed by atoms with van der Waals surface area (Å²) in [5.74, 6) is 0. The van der Waals surface area contributed by atoms with Crippen LogP contribution in [-0.4, -0.2) is 0 Å². The van der Waals surface area contributed by atoms with E-state index in [0.717, 1.165) is 5.39 Å². The van der Waals surface area contributed by atoms with E-state index in [9.17, 15) is 4.79 Å². The first kappa shape index (κ1) is 12.6. The Bertz CT molecular complexity index is 854. The molecule has 0 radical (unpaired) electrons. The highest BCUT2D eigenvalue weighted by atomic mass is 32.1. The van der Waals surface area contributed by atoms with Crippen LogP contribution < -0.4 is 5.63 Å². The molecule has 3 heteroatoms. The molecule has 0 saturated carbocycles. The van der Waals surface area contributed by atoms with Gasteiger partial charge >= 0.3 is 5.63 Å². The van der Waals surface area contributed by atoms with Crippen LogP contribution in [0.1, 0.15) is 0 Å². The van der Waals surface area contributed by atoms with Gasteiger partial charge in [0.1, 0.15) is 0 Å². The molecular formula is C17H12O2S. The predicted molar refractivity (Wildman–Crippen MR) is 84.3 cm³/mol. The van der Waals surface area contributed by atoms with E-state index in [4.69, 9.17) is 0 Å². The maximum Gasteiger partial charge on any atom is 0.343 e. The standard InChI is InChI=1S/C9H6O2.C8H6S/c10-9-8-4-2-1-3-7(8)5-6-11-9;1-2-4-8-7(3-1)5-6-9-8/h1-6H;1-6H. The number of benzene rings is 2. The maximum absolute atomic E-state index is 11.0. The van der Waals surface area contributed by atoms with Crippen molar-refractivity contribution in [3.05, 3.63) is 82.7 Å². The average Bonchev–Trinajstić information content (AvgIpc) is 2.97. The summed E-state index contributed by atoms with van der Waals surface area (Å²) in [6.45, 7) is 0. The van der Waals surface area contributed by atoms with E-state index in [2.05, 4.69) is 40.1 Å². The molecule has 0 atom stereocenters. The fourth-order valence-electron chi connectivity index (χ4n) is 1.97. The Kier molecular flexibility index (Phi) is 3.61. The summed E-state index contributed by atoms with van der Waals surface area (Å²) in [4.78, 5) is 11.0. The van der Waals surface area contributed by atoms with Crippen molar-refractivity contribution in [2.75, 3.05) is 0 Å². The third-order valence-corrected chi connectivity index (χ3v) is 3.86. The van der Waals surface area contributed by atoms with E-state index in [0.29, 0.717) is 5.39 Å². The second-order valence-corrected chi connectivity index (χ2v) is 5.20. The average molecular weight is 280 g/mol. The fraction of sp³-hybridized carbons (Fsp3) is 0. The van der Waals surface area contributed by atoms with Gasteiger partial charge in [0.25, 0.3) is 0 Å². The summed E-state index contributed by atoms with van der Waals surface area (Å²) in [7, 11) is 0. The lowest BCUT2D eigenvalue weighted by Crippen LogP contribution is -1.96. The Labute approximate surface area is 119 Å². The van der Waals surface area contributed by atoms with Crippen LogP contribution in [0.3, 0.4) is 0 Å². The second kappa shape index (κ2) is 5.72. The lowest BCUT2D eigenvalue weighted by Gasteiger charge is -1.91. The van der Waals surface area contributed by atoms with E-state index in [1.54, 1.807) is 23.5 Å². The smallest absolute Gasteiger partial charge is 0.343 e. The monoisotopic (exact) mass is 280 g/mol. The van der Waals surface area contributed by atoms with E-state index in [1.807, 2.05) is 18.2 Å². The van der Waals surface area contributed by atoms with Crippen LogP contribution in [0.15, 0.2) is 81.5 Å². The van der Waals surface area contributed by atoms with E-state index >= 15 is 0 Å². The van der Waals surface area contributed by atoms with Crippen molar-refractivity contribution >= 4 is 32.2 Å². The number of fused-ring (bicyclic) bond motifs is 2. The van der Waals surface area contributed by atoms with Crippen LogP contribution in [0.2, 0.25) is 0 Å². The molecule has 2 aromatic heterocycles. The SMILES string of the molecule is O=c1occc2ccccc12.c1ccc2sccc2c1. The van der Waals surface area contributed by atoms with Gasteiger partial charge in [0, 0.05) is 4.70 Å². The molecule has 0 aliphatic heterocycles. The van der Waals surface area contributed by atoms with Crippen molar-refractivity contribution < 1.29 is 4.42 Å². The Morgan fingerprint density at radius 3 is 2.35 bits per heavy atom. The molecule has 98 valence electrons. The largest absolute Gasteiger partial charge is 0.431 e. The molecule has 0 bridgehead atoms. The van der Waals surface area contributed by atoms with Gasteiger partial charge in [0.2, 0.25) is 0 Å². The van der Waals surface area contributed by atoms with Gasteiger partial charge in [-0.05, 0) is 40.4 Å². The van der Waals surface area contributed by atoms with Crippen LogP contribution in [0.4, 0.5) is 0 Å². The van der Waals surface area contributed by atoms with Crippen LogP contribution in [0, 0.1) is 0 Å². The summed E-state index contributed by atoms with van der Waals surface area (Å²) in [5, 5.41) is 5.02. The van der Waals surface area contributed by atoms with Crippen molar-refractivity contribution in [3.63, 3.8) is 0 Å². The minimum absolute atomic E-state index is 0.275. The zero-order chi connectivity index (χ0) is 13.8. The Hall–Kier alpha value is -2.39. The predicted octanol–water partition coefficient (Wildman–Crippen LogP) is 4.69. The van der Waals surface area contributed by atoms with Gasteiger partial charge in [0.05, 0.1) is 11.6 Å². The molecule has 0 saturated heterocycles. The van der Waals surface area contributed by atoms with E-state index < -0.39 is 0 Å².